The maximum absolute atomic E-state index is 12.7. The van der Waals surface area contributed by atoms with E-state index in [1.54, 1.807) is 6.20 Å². The highest BCUT2D eigenvalue weighted by Crippen LogP contribution is 2.26. The van der Waals surface area contributed by atoms with Gasteiger partial charge in [0.2, 0.25) is 0 Å². The van der Waals surface area contributed by atoms with Crippen molar-refractivity contribution in [1.29, 1.82) is 5.26 Å². The monoisotopic (exact) mass is 379 g/mol. The first-order valence-corrected chi connectivity index (χ1v) is 11.0. The largest absolute Gasteiger partial charge is 0.387 e. The van der Waals surface area contributed by atoms with Crippen LogP contribution in [0.3, 0.4) is 0 Å². The molecule has 1 aromatic rings. The number of benzene rings is 1. The van der Waals surface area contributed by atoms with Gasteiger partial charge in [-0.05, 0) is 61.6 Å². The molecule has 0 aromatic heterocycles. The molecule has 0 aliphatic heterocycles. The molecule has 0 radical (unpaired) electrons. The van der Waals surface area contributed by atoms with Crippen molar-refractivity contribution in [2.75, 3.05) is 0 Å². The molecule has 2 aliphatic rings. The van der Waals surface area contributed by atoms with Gasteiger partial charge in [0.15, 0.2) is 0 Å². The van der Waals surface area contributed by atoms with Gasteiger partial charge in [-0.1, -0.05) is 50.8 Å². The SMILES string of the molecule is CCC(NC(=O)/C(C#N)=C\NC1CCCCCC1)c1ccc2c(c1)CCCC2. The van der Waals surface area contributed by atoms with Crippen LogP contribution in [0.25, 0.3) is 0 Å². The smallest absolute Gasteiger partial charge is 0.263 e. The summed E-state index contributed by atoms with van der Waals surface area (Å²) in [7, 11) is 0. The van der Waals surface area contributed by atoms with E-state index in [-0.39, 0.29) is 17.5 Å². The van der Waals surface area contributed by atoms with E-state index in [1.165, 1.54) is 49.7 Å². The predicted octanol–water partition coefficient (Wildman–Crippen LogP) is 4.85. The van der Waals surface area contributed by atoms with Crippen LogP contribution in [0, 0.1) is 11.3 Å². The lowest BCUT2D eigenvalue weighted by atomic mass is 9.88. The average molecular weight is 380 g/mol. The number of rotatable bonds is 6. The average Bonchev–Trinajstić information content (AvgIpc) is 3.01. The summed E-state index contributed by atoms with van der Waals surface area (Å²) >= 11 is 0. The second kappa shape index (κ2) is 10.3. The van der Waals surface area contributed by atoms with E-state index in [1.807, 2.05) is 0 Å². The fourth-order valence-electron chi connectivity index (χ4n) is 4.42. The molecule has 0 saturated heterocycles. The molecule has 0 spiro atoms. The Balaban J connectivity index is 1.64. The van der Waals surface area contributed by atoms with Crippen LogP contribution in [0.4, 0.5) is 0 Å². The van der Waals surface area contributed by atoms with Crippen LogP contribution in [0.2, 0.25) is 0 Å². The highest BCUT2D eigenvalue weighted by molar-refractivity contribution is 5.97. The summed E-state index contributed by atoms with van der Waals surface area (Å²) in [5.74, 6) is -0.284. The first-order valence-electron chi connectivity index (χ1n) is 11.0. The number of aryl methyl sites for hydroxylation is 2. The van der Waals surface area contributed by atoms with Gasteiger partial charge in [-0.15, -0.1) is 0 Å². The zero-order valence-corrected chi connectivity index (χ0v) is 17.1. The van der Waals surface area contributed by atoms with Gasteiger partial charge in [0.05, 0.1) is 6.04 Å². The Labute approximate surface area is 169 Å². The van der Waals surface area contributed by atoms with E-state index in [0.29, 0.717) is 6.04 Å². The third kappa shape index (κ3) is 5.38. The molecule has 0 heterocycles. The van der Waals surface area contributed by atoms with Gasteiger partial charge in [-0.3, -0.25) is 4.79 Å². The van der Waals surface area contributed by atoms with Crippen LogP contribution >= 0.6 is 0 Å². The van der Waals surface area contributed by atoms with Crippen molar-refractivity contribution in [3.63, 3.8) is 0 Å². The van der Waals surface area contributed by atoms with Crippen molar-refractivity contribution >= 4 is 5.91 Å². The molecule has 3 rings (SSSR count). The summed E-state index contributed by atoms with van der Waals surface area (Å²) in [6, 6.07) is 8.99. The number of nitrogens with zero attached hydrogens (tertiary/aromatic N) is 1. The molecule has 28 heavy (non-hydrogen) atoms. The molecule has 2 N–H and O–H groups in total. The van der Waals surface area contributed by atoms with E-state index in [0.717, 1.165) is 37.7 Å². The number of nitrogens with one attached hydrogen (secondary N) is 2. The number of amides is 1. The molecule has 4 heteroatoms. The molecule has 1 aromatic carbocycles. The second-order valence-corrected chi connectivity index (χ2v) is 8.19. The van der Waals surface area contributed by atoms with Crippen LogP contribution in [-0.4, -0.2) is 11.9 Å². The molecule has 1 amide bonds. The minimum absolute atomic E-state index is 0.0608. The number of nitriles is 1. The summed E-state index contributed by atoms with van der Waals surface area (Å²) in [4.78, 5) is 12.7. The zero-order chi connectivity index (χ0) is 19.8. The van der Waals surface area contributed by atoms with E-state index < -0.39 is 0 Å². The summed E-state index contributed by atoms with van der Waals surface area (Å²) in [6.45, 7) is 2.07. The highest BCUT2D eigenvalue weighted by Gasteiger charge is 2.19. The molecule has 1 fully saturated rings. The van der Waals surface area contributed by atoms with Crippen molar-refractivity contribution in [1.82, 2.24) is 10.6 Å². The summed E-state index contributed by atoms with van der Waals surface area (Å²) < 4.78 is 0. The number of carbonyl (C=O) groups is 1. The lowest BCUT2D eigenvalue weighted by Crippen LogP contribution is -2.31. The number of fused-ring (bicyclic) bond motifs is 1. The van der Waals surface area contributed by atoms with E-state index in [9.17, 15) is 10.1 Å². The molecule has 4 nitrogen and oxygen atoms in total. The molecule has 1 atom stereocenters. The van der Waals surface area contributed by atoms with E-state index in [2.05, 4.69) is 41.8 Å². The second-order valence-electron chi connectivity index (χ2n) is 8.19. The number of hydrogen-bond acceptors (Lipinski definition) is 3. The minimum atomic E-state index is -0.284. The molecule has 0 bridgehead atoms. The quantitative estimate of drug-likeness (QED) is 0.422. The first-order chi connectivity index (χ1) is 13.7. The summed E-state index contributed by atoms with van der Waals surface area (Å²) in [5.41, 5.74) is 4.18. The molecule has 150 valence electrons. The standard InChI is InChI=1S/C24H33N3O/c1-2-23(20-14-13-18-9-7-8-10-19(18)15-20)27-24(28)21(16-25)17-26-22-11-5-3-4-6-12-22/h13-15,17,22-23,26H,2-12H2,1H3,(H,27,28)/b21-17-. The third-order valence-corrected chi connectivity index (χ3v) is 6.17. The third-order valence-electron chi connectivity index (χ3n) is 6.17. The Hall–Kier alpha value is -2.28. The molecular weight excluding hydrogens is 346 g/mol. The van der Waals surface area contributed by atoms with Crippen LogP contribution in [0.15, 0.2) is 30.0 Å². The lowest BCUT2D eigenvalue weighted by molar-refractivity contribution is -0.117. The minimum Gasteiger partial charge on any atom is -0.387 e. The maximum atomic E-state index is 12.7. The van der Waals surface area contributed by atoms with Gasteiger partial charge in [0.25, 0.3) is 5.91 Å². The van der Waals surface area contributed by atoms with Crippen LogP contribution in [-0.2, 0) is 17.6 Å². The Morgan fingerprint density at radius 1 is 1.14 bits per heavy atom. The van der Waals surface area contributed by atoms with Crippen molar-refractivity contribution in [3.05, 3.63) is 46.7 Å². The van der Waals surface area contributed by atoms with Crippen LogP contribution < -0.4 is 10.6 Å². The van der Waals surface area contributed by atoms with E-state index in [4.69, 9.17) is 0 Å². The fourth-order valence-corrected chi connectivity index (χ4v) is 4.42. The van der Waals surface area contributed by atoms with Crippen LogP contribution in [0.1, 0.15) is 87.4 Å². The van der Waals surface area contributed by atoms with Gasteiger partial charge in [-0.25, -0.2) is 0 Å². The van der Waals surface area contributed by atoms with Gasteiger partial charge in [0.1, 0.15) is 11.6 Å². The van der Waals surface area contributed by atoms with Gasteiger partial charge >= 0.3 is 0 Å². The topological polar surface area (TPSA) is 64.9 Å². The number of carbonyl (C=O) groups excluding carboxylic acids is 1. The summed E-state index contributed by atoms with van der Waals surface area (Å²) in [5, 5.41) is 15.9. The maximum Gasteiger partial charge on any atom is 0.263 e. The van der Waals surface area contributed by atoms with Crippen molar-refractivity contribution < 1.29 is 4.79 Å². The van der Waals surface area contributed by atoms with E-state index >= 15 is 0 Å². The van der Waals surface area contributed by atoms with Crippen LogP contribution in [0.5, 0.6) is 0 Å². The molecule has 2 aliphatic carbocycles. The number of hydrogen-bond donors (Lipinski definition) is 2. The first kappa shape index (κ1) is 20.5. The van der Waals surface area contributed by atoms with Gasteiger partial charge < -0.3 is 10.6 Å². The molecule has 1 saturated carbocycles. The Morgan fingerprint density at radius 2 is 1.86 bits per heavy atom. The van der Waals surface area contributed by atoms with Gasteiger partial charge in [-0.2, -0.15) is 5.26 Å². The van der Waals surface area contributed by atoms with Crippen molar-refractivity contribution in [3.8, 4) is 6.07 Å². The fraction of sp³-hybridized carbons (Fsp3) is 0.583. The predicted molar refractivity (Wildman–Crippen MR) is 113 cm³/mol. The molecule has 1 unspecified atom stereocenters. The molecular formula is C24H33N3O. The Kier molecular flexibility index (Phi) is 7.54. The lowest BCUT2D eigenvalue weighted by Gasteiger charge is -2.22. The highest BCUT2D eigenvalue weighted by atomic mass is 16.1. The Bertz CT molecular complexity index is 739. The van der Waals surface area contributed by atoms with Crippen molar-refractivity contribution in [2.45, 2.75) is 89.6 Å². The van der Waals surface area contributed by atoms with Crippen molar-refractivity contribution in [2.24, 2.45) is 0 Å². The van der Waals surface area contributed by atoms with Gasteiger partial charge in [0, 0.05) is 12.2 Å². The normalized spacial score (nSPS) is 19.1. The Morgan fingerprint density at radius 3 is 2.54 bits per heavy atom. The summed E-state index contributed by atoms with van der Waals surface area (Å²) in [6.07, 6.45) is 14.5. The zero-order valence-electron chi connectivity index (χ0n) is 17.1.